The highest BCUT2D eigenvalue weighted by molar-refractivity contribution is 5.75. The Morgan fingerprint density at radius 3 is 2.30 bits per heavy atom. The lowest BCUT2D eigenvalue weighted by atomic mass is 10.1. The quantitative estimate of drug-likeness (QED) is 0.571. The van der Waals surface area contributed by atoms with Crippen LogP contribution in [0, 0.1) is 6.92 Å². The van der Waals surface area contributed by atoms with Crippen LogP contribution < -0.4 is 5.73 Å². The Labute approximate surface area is 77.8 Å². The fourth-order valence-electron chi connectivity index (χ4n) is 0.757. The first kappa shape index (κ1) is 9.95. The van der Waals surface area contributed by atoms with Crippen LogP contribution in [0.5, 0.6) is 0 Å². The van der Waals surface area contributed by atoms with E-state index in [1.165, 1.54) is 0 Å². The summed E-state index contributed by atoms with van der Waals surface area (Å²) in [6, 6.07) is 7.88. The summed E-state index contributed by atoms with van der Waals surface area (Å²) in [6.45, 7) is 4.39. The molecule has 1 radical (unpaired) electrons. The summed E-state index contributed by atoms with van der Waals surface area (Å²) in [7, 11) is 0. The maximum absolute atomic E-state index is 5.41. The molecule has 0 aromatic heterocycles. The molecule has 2 N–H and O–H groups in total. The van der Waals surface area contributed by atoms with Crippen molar-refractivity contribution >= 4 is 23.1 Å². The third kappa shape index (κ3) is 2.29. The summed E-state index contributed by atoms with van der Waals surface area (Å²) >= 11 is 0. The van der Waals surface area contributed by atoms with Crippen LogP contribution >= 0.6 is 0 Å². The third-order valence-electron chi connectivity index (χ3n) is 1.34. The van der Waals surface area contributed by atoms with E-state index in [2.05, 4.69) is 6.92 Å². The molecule has 0 unspecified atom stereocenters. The predicted molar refractivity (Wildman–Crippen MR) is 47.3 cm³/mol. The van der Waals surface area contributed by atoms with Crippen molar-refractivity contribution in [2.24, 2.45) is 5.73 Å². The van der Waals surface area contributed by atoms with Gasteiger partial charge in [-0.1, -0.05) is 24.3 Å². The Balaban J connectivity index is 0.000000810. The number of nitrogens with two attached hydrogens (primary N) is 1. The molecule has 0 spiro atoms. The van der Waals surface area contributed by atoms with Gasteiger partial charge in [0, 0.05) is 6.54 Å². The molecule has 0 bridgehead atoms. The monoisotopic (exact) mass is 146 g/mol. The van der Waals surface area contributed by atoms with Crippen molar-refractivity contribution in [1.29, 1.82) is 0 Å². The molecule has 0 saturated carbocycles. The number of hydrogen-bond donors (Lipinski definition) is 1. The van der Waals surface area contributed by atoms with E-state index in [9.17, 15) is 0 Å². The summed E-state index contributed by atoms with van der Waals surface area (Å²) in [6.07, 6.45) is 0. The fraction of sp³-hybridized carbons (Fsp3) is 0.125. The summed E-state index contributed by atoms with van der Waals surface area (Å²) in [4.78, 5) is 0. The van der Waals surface area contributed by atoms with Crippen molar-refractivity contribution in [2.75, 3.05) is 0 Å². The van der Waals surface area contributed by atoms with E-state index < -0.39 is 0 Å². The standard InChI is InChI=1S/C8H10N.Mg.2H/c1-7-4-2-3-5-8(7)6-9;;;/h2-5H,1,6,9H2;;;. The van der Waals surface area contributed by atoms with Gasteiger partial charge < -0.3 is 5.73 Å². The van der Waals surface area contributed by atoms with Gasteiger partial charge in [-0.15, -0.1) is 0 Å². The molecule has 0 amide bonds. The summed E-state index contributed by atoms with van der Waals surface area (Å²) in [5.74, 6) is 0. The zero-order valence-corrected chi connectivity index (χ0v) is 5.30. The van der Waals surface area contributed by atoms with Gasteiger partial charge in [-0.25, -0.2) is 0 Å². The summed E-state index contributed by atoms with van der Waals surface area (Å²) in [5, 5.41) is 0. The normalized spacial score (nSPS) is 8.60. The van der Waals surface area contributed by atoms with Gasteiger partial charge in [-0.05, 0) is 18.1 Å². The van der Waals surface area contributed by atoms with Crippen molar-refractivity contribution in [1.82, 2.24) is 0 Å². The third-order valence-corrected chi connectivity index (χ3v) is 1.34. The van der Waals surface area contributed by atoms with Crippen molar-refractivity contribution in [2.45, 2.75) is 6.54 Å². The second kappa shape index (κ2) is 4.71. The molecule has 0 aliphatic heterocycles. The molecule has 2 heteroatoms. The molecule has 51 valence electrons. The predicted octanol–water partition coefficient (Wildman–Crippen LogP) is 0.411. The highest BCUT2D eigenvalue weighted by atomic mass is 24.3. The van der Waals surface area contributed by atoms with Crippen LogP contribution in [0.3, 0.4) is 0 Å². The molecule has 0 fully saturated rings. The van der Waals surface area contributed by atoms with Crippen LogP contribution in [0.4, 0.5) is 0 Å². The number of hydrogen-bond acceptors (Lipinski definition) is 1. The first-order valence-corrected chi connectivity index (χ1v) is 2.94. The lowest BCUT2D eigenvalue weighted by molar-refractivity contribution is 1.06. The van der Waals surface area contributed by atoms with Gasteiger partial charge >= 0.3 is 23.1 Å². The van der Waals surface area contributed by atoms with E-state index in [1.54, 1.807) is 0 Å². The van der Waals surface area contributed by atoms with Crippen LogP contribution in [-0.2, 0) is 6.54 Å². The SMILES string of the molecule is [CH2]c1ccccc1CN.[MgH2]. The second-order valence-electron chi connectivity index (χ2n) is 1.97. The average Bonchev–Trinajstić information content (AvgIpc) is 1.89. The van der Waals surface area contributed by atoms with Gasteiger partial charge in [0.15, 0.2) is 0 Å². The van der Waals surface area contributed by atoms with Crippen LogP contribution in [0.15, 0.2) is 24.3 Å². The molecule has 0 aliphatic rings. The van der Waals surface area contributed by atoms with Crippen LogP contribution in [0.25, 0.3) is 0 Å². The van der Waals surface area contributed by atoms with E-state index in [4.69, 9.17) is 5.73 Å². The Morgan fingerprint density at radius 1 is 1.30 bits per heavy atom. The zero-order chi connectivity index (χ0) is 6.69. The lowest BCUT2D eigenvalue weighted by Gasteiger charge is -1.98. The Kier molecular flexibility index (Phi) is 4.69. The summed E-state index contributed by atoms with van der Waals surface area (Å²) < 4.78 is 0. The zero-order valence-electron chi connectivity index (χ0n) is 5.30. The number of benzene rings is 1. The van der Waals surface area contributed by atoms with E-state index in [-0.39, 0.29) is 23.1 Å². The van der Waals surface area contributed by atoms with Crippen molar-refractivity contribution in [3.8, 4) is 0 Å². The van der Waals surface area contributed by atoms with Crippen LogP contribution in [0.2, 0.25) is 0 Å². The highest BCUT2D eigenvalue weighted by Crippen LogP contribution is 2.04. The highest BCUT2D eigenvalue weighted by Gasteiger charge is 1.89. The van der Waals surface area contributed by atoms with Crippen LogP contribution in [0.1, 0.15) is 11.1 Å². The molecule has 10 heavy (non-hydrogen) atoms. The van der Waals surface area contributed by atoms with E-state index in [0.717, 1.165) is 11.1 Å². The molecular formula is C8H12MgN. The minimum atomic E-state index is 0. The van der Waals surface area contributed by atoms with Crippen LogP contribution in [-0.4, -0.2) is 23.1 Å². The maximum Gasteiger partial charge on any atom is 0.316 e. The Bertz CT molecular complexity index is 198. The first-order chi connectivity index (χ1) is 4.34. The van der Waals surface area contributed by atoms with E-state index >= 15 is 0 Å². The Morgan fingerprint density at radius 2 is 1.90 bits per heavy atom. The Hall–Kier alpha value is -0.0538. The summed E-state index contributed by atoms with van der Waals surface area (Å²) in [5.41, 5.74) is 7.56. The topological polar surface area (TPSA) is 26.0 Å². The van der Waals surface area contributed by atoms with E-state index in [0.29, 0.717) is 6.54 Å². The van der Waals surface area contributed by atoms with Gasteiger partial charge in [0.1, 0.15) is 0 Å². The molecule has 0 heterocycles. The van der Waals surface area contributed by atoms with Crippen molar-refractivity contribution in [3.05, 3.63) is 42.3 Å². The van der Waals surface area contributed by atoms with Gasteiger partial charge in [-0.2, -0.15) is 0 Å². The largest absolute Gasteiger partial charge is 0.326 e. The number of rotatable bonds is 1. The molecular weight excluding hydrogens is 134 g/mol. The van der Waals surface area contributed by atoms with Gasteiger partial charge in [0.25, 0.3) is 0 Å². The molecule has 0 atom stereocenters. The van der Waals surface area contributed by atoms with E-state index in [1.807, 2.05) is 24.3 Å². The molecule has 1 aromatic rings. The van der Waals surface area contributed by atoms with Crippen molar-refractivity contribution < 1.29 is 0 Å². The fourth-order valence-corrected chi connectivity index (χ4v) is 0.757. The molecule has 1 nitrogen and oxygen atoms in total. The molecule has 0 saturated heterocycles. The minimum absolute atomic E-state index is 0. The lowest BCUT2D eigenvalue weighted by Crippen LogP contribution is -1.97. The smallest absolute Gasteiger partial charge is 0.316 e. The van der Waals surface area contributed by atoms with Gasteiger partial charge in [-0.3, -0.25) is 0 Å². The van der Waals surface area contributed by atoms with Gasteiger partial charge in [0.05, 0.1) is 0 Å². The molecule has 0 aliphatic carbocycles. The molecule has 1 rings (SSSR count). The average molecular weight is 146 g/mol. The minimum Gasteiger partial charge on any atom is -0.326 e. The maximum atomic E-state index is 5.41. The second-order valence-corrected chi connectivity index (χ2v) is 1.97. The molecule has 1 aromatic carbocycles. The first-order valence-electron chi connectivity index (χ1n) is 2.94. The van der Waals surface area contributed by atoms with Crippen molar-refractivity contribution in [3.63, 3.8) is 0 Å². The van der Waals surface area contributed by atoms with Gasteiger partial charge in [0.2, 0.25) is 0 Å².